The lowest BCUT2D eigenvalue weighted by Crippen LogP contribution is -2.47. The van der Waals surface area contributed by atoms with E-state index in [1.165, 1.54) is 0 Å². The SMILES string of the molecule is CCOC(=O)CCC(=O)NC1(CC(=O)O)CCCC1. The third kappa shape index (κ3) is 5.28. The van der Waals surface area contributed by atoms with Crippen LogP contribution in [-0.4, -0.2) is 35.1 Å². The highest BCUT2D eigenvalue weighted by Gasteiger charge is 2.37. The Hall–Kier alpha value is -1.59. The lowest BCUT2D eigenvalue weighted by atomic mass is 9.93. The summed E-state index contributed by atoms with van der Waals surface area (Å²) in [4.78, 5) is 33.8. The number of amides is 1. The molecule has 1 saturated carbocycles. The fourth-order valence-corrected chi connectivity index (χ4v) is 2.49. The van der Waals surface area contributed by atoms with Gasteiger partial charge in [0.15, 0.2) is 0 Å². The van der Waals surface area contributed by atoms with E-state index in [-0.39, 0.29) is 25.2 Å². The predicted molar refractivity (Wildman–Crippen MR) is 67.5 cm³/mol. The molecule has 6 nitrogen and oxygen atoms in total. The molecule has 0 unspecified atom stereocenters. The number of rotatable bonds is 7. The van der Waals surface area contributed by atoms with E-state index in [0.29, 0.717) is 19.4 Å². The molecule has 0 radical (unpaired) electrons. The maximum Gasteiger partial charge on any atom is 0.306 e. The molecular weight excluding hydrogens is 250 g/mol. The summed E-state index contributed by atoms with van der Waals surface area (Å²) in [6.45, 7) is 2.00. The summed E-state index contributed by atoms with van der Waals surface area (Å²) in [5, 5.41) is 11.7. The van der Waals surface area contributed by atoms with Crippen molar-refractivity contribution in [3.05, 3.63) is 0 Å². The molecule has 1 fully saturated rings. The molecule has 0 heterocycles. The molecule has 1 aliphatic carbocycles. The van der Waals surface area contributed by atoms with Gasteiger partial charge in [-0.2, -0.15) is 0 Å². The normalized spacial score (nSPS) is 16.9. The van der Waals surface area contributed by atoms with Crippen LogP contribution in [-0.2, 0) is 19.1 Å². The highest BCUT2D eigenvalue weighted by molar-refractivity contribution is 5.82. The van der Waals surface area contributed by atoms with Crippen LogP contribution in [0.2, 0.25) is 0 Å². The average molecular weight is 271 g/mol. The quantitative estimate of drug-likeness (QED) is 0.679. The molecule has 19 heavy (non-hydrogen) atoms. The summed E-state index contributed by atoms with van der Waals surface area (Å²) < 4.78 is 4.74. The Morgan fingerprint density at radius 1 is 1.21 bits per heavy atom. The highest BCUT2D eigenvalue weighted by atomic mass is 16.5. The van der Waals surface area contributed by atoms with Crippen LogP contribution in [0.15, 0.2) is 0 Å². The smallest absolute Gasteiger partial charge is 0.306 e. The van der Waals surface area contributed by atoms with Gasteiger partial charge in [0.25, 0.3) is 0 Å². The number of hydrogen-bond donors (Lipinski definition) is 2. The number of carbonyl (C=O) groups is 3. The van der Waals surface area contributed by atoms with Gasteiger partial charge in [-0.05, 0) is 19.8 Å². The highest BCUT2D eigenvalue weighted by Crippen LogP contribution is 2.32. The number of carboxylic acid groups (broad SMARTS) is 1. The van der Waals surface area contributed by atoms with Gasteiger partial charge in [0.2, 0.25) is 5.91 Å². The Balaban J connectivity index is 2.44. The van der Waals surface area contributed by atoms with Gasteiger partial charge < -0.3 is 15.2 Å². The van der Waals surface area contributed by atoms with Gasteiger partial charge in [-0.3, -0.25) is 14.4 Å². The predicted octanol–water partition coefficient (Wildman–Crippen LogP) is 1.23. The van der Waals surface area contributed by atoms with Crippen LogP contribution in [0.3, 0.4) is 0 Å². The van der Waals surface area contributed by atoms with E-state index < -0.39 is 17.5 Å². The van der Waals surface area contributed by atoms with Crippen LogP contribution in [0, 0.1) is 0 Å². The molecule has 2 N–H and O–H groups in total. The Morgan fingerprint density at radius 2 is 1.84 bits per heavy atom. The number of ether oxygens (including phenoxy) is 1. The molecule has 0 bridgehead atoms. The molecule has 1 amide bonds. The molecule has 108 valence electrons. The molecule has 0 saturated heterocycles. The minimum atomic E-state index is -0.910. The summed E-state index contributed by atoms with van der Waals surface area (Å²) >= 11 is 0. The van der Waals surface area contributed by atoms with Gasteiger partial charge >= 0.3 is 11.9 Å². The van der Waals surface area contributed by atoms with Gasteiger partial charge in [-0.25, -0.2) is 0 Å². The third-order valence-electron chi connectivity index (χ3n) is 3.32. The summed E-state index contributed by atoms with van der Waals surface area (Å²) in [5.41, 5.74) is -0.627. The van der Waals surface area contributed by atoms with E-state index in [9.17, 15) is 14.4 Å². The number of carboxylic acids is 1. The van der Waals surface area contributed by atoms with Crippen molar-refractivity contribution in [1.29, 1.82) is 0 Å². The van der Waals surface area contributed by atoms with Gasteiger partial charge in [0.05, 0.1) is 25.0 Å². The van der Waals surface area contributed by atoms with Crippen molar-refractivity contribution >= 4 is 17.8 Å². The van der Waals surface area contributed by atoms with Gasteiger partial charge in [-0.1, -0.05) is 12.8 Å². The summed E-state index contributed by atoms with van der Waals surface area (Å²) in [6.07, 6.45) is 3.23. The Morgan fingerprint density at radius 3 is 2.37 bits per heavy atom. The maximum absolute atomic E-state index is 11.8. The minimum absolute atomic E-state index is 0.0306. The van der Waals surface area contributed by atoms with Crippen molar-refractivity contribution in [2.24, 2.45) is 0 Å². The number of carbonyl (C=O) groups excluding carboxylic acids is 2. The van der Waals surface area contributed by atoms with Crippen LogP contribution >= 0.6 is 0 Å². The van der Waals surface area contributed by atoms with Gasteiger partial charge in [0.1, 0.15) is 0 Å². The maximum atomic E-state index is 11.8. The summed E-state index contributed by atoms with van der Waals surface area (Å²) in [6, 6.07) is 0. The molecule has 6 heteroatoms. The van der Waals surface area contributed by atoms with E-state index in [1.54, 1.807) is 6.92 Å². The molecule has 0 spiro atoms. The molecule has 1 aliphatic rings. The zero-order chi connectivity index (χ0) is 14.3. The number of esters is 1. The monoisotopic (exact) mass is 271 g/mol. The topological polar surface area (TPSA) is 92.7 Å². The first-order valence-corrected chi connectivity index (χ1v) is 6.66. The van der Waals surface area contributed by atoms with Crippen molar-refractivity contribution < 1.29 is 24.2 Å². The second kappa shape index (κ2) is 7.11. The second-order valence-electron chi connectivity index (χ2n) is 4.91. The van der Waals surface area contributed by atoms with E-state index >= 15 is 0 Å². The van der Waals surface area contributed by atoms with E-state index in [4.69, 9.17) is 9.84 Å². The van der Waals surface area contributed by atoms with E-state index in [0.717, 1.165) is 12.8 Å². The Labute approximate surface area is 112 Å². The van der Waals surface area contributed by atoms with Crippen molar-refractivity contribution in [2.45, 2.75) is 57.4 Å². The van der Waals surface area contributed by atoms with Crippen molar-refractivity contribution in [2.75, 3.05) is 6.61 Å². The zero-order valence-electron chi connectivity index (χ0n) is 11.2. The minimum Gasteiger partial charge on any atom is -0.481 e. The van der Waals surface area contributed by atoms with Gasteiger partial charge in [-0.15, -0.1) is 0 Å². The molecule has 0 aliphatic heterocycles. The standard InChI is InChI=1S/C13H21NO5/c1-2-19-12(18)6-5-10(15)14-13(9-11(16)17)7-3-4-8-13/h2-9H2,1H3,(H,14,15)(H,16,17). The number of nitrogens with one attached hydrogen (secondary N) is 1. The third-order valence-corrected chi connectivity index (χ3v) is 3.32. The van der Waals surface area contributed by atoms with Crippen molar-refractivity contribution in [3.8, 4) is 0 Å². The Kier molecular flexibility index (Phi) is 5.79. The first kappa shape index (κ1) is 15.5. The molecular formula is C13H21NO5. The van der Waals surface area contributed by atoms with Crippen molar-refractivity contribution in [3.63, 3.8) is 0 Å². The Bertz CT molecular complexity index is 347. The first-order valence-electron chi connectivity index (χ1n) is 6.66. The van der Waals surface area contributed by atoms with Crippen LogP contribution in [0.25, 0.3) is 0 Å². The number of aliphatic carboxylic acids is 1. The van der Waals surface area contributed by atoms with Crippen LogP contribution in [0.5, 0.6) is 0 Å². The molecule has 0 atom stereocenters. The fraction of sp³-hybridized carbons (Fsp3) is 0.769. The molecule has 0 aromatic rings. The fourth-order valence-electron chi connectivity index (χ4n) is 2.49. The van der Waals surface area contributed by atoms with Crippen LogP contribution in [0.4, 0.5) is 0 Å². The number of hydrogen-bond acceptors (Lipinski definition) is 4. The van der Waals surface area contributed by atoms with Crippen LogP contribution < -0.4 is 5.32 Å². The first-order chi connectivity index (χ1) is 8.97. The second-order valence-corrected chi connectivity index (χ2v) is 4.91. The lowest BCUT2D eigenvalue weighted by molar-refractivity contribution is -0.145. The molecule has 1 rings (SSSR count). The lowest BCUT2D eigenvalue weighted by Gasteiger charge is -2.28. The summed E-state index contributed by atoms with van der Waals surface area (Å²) in [7, 11) is 0. The van der Waals surface area contributed by atoms with Crippen LogP contribution in [0.1, 0.15) is 51.9 Å². The largest absolute Gasteiger partial charge is 0.481 e. The van der Waals surface area contributed by atoms with Gasteiger partial charge in [0, 0.05) is 6.42 Å². The molecule has 0 aromatic heterocycles. The zero-order valence-corrected chi connectivity index (χ0v) is 11.2. The van der Waals surface area contributed by atoms with E-state index in [1.807, 2.05) is 0 Å². The van der Waals surface area contributed by atoms with E-state index in [2.05, 4.69) is 5.32 Å². The molecule has 0 aromatic carbocycles. The average Bonchev–Trinajstić information content (AvgIpc) is 2.74. The van der Waals surface area contributed by atoms with Crippen molar-refractivity contribution in [1.82, 2.24) is 5.32 Å². The summed E-state index contributed by atoms with van der Waals surface area (Å²) in [5.74, 6) is -1.60.